The Morgan fingerprint density at radius 2 is 1.00 bits per heavy atom. The number of hydrogen-bond acceptors (Lipinski definition) is 8. The van der Waals surface area contributed by atoms with E-state index in [1.54, 1.807) is 0 Å². The number of ether oxygens (including phenoxy) is 2. The number of aromatic nitrogens is 4. The van der Waals surface area contributed by atoms with Crippen molar-refractivity contribution >= 4 is 33.7 Å². The van der Waals surface area contributed by atoms with Crippen LogP contribution in [-0.4, -0.2) is 72.5 Å². The van der Waals surface area contributed by atoms with Crippen molar-refractivity contribution in [1.29, 1.82) is 0 Å². The quantitative estimate of drug-likeness (QED) is 0.493. The van der Waals surface area contributed by atoms with Crippen molar-refractivity contribution < 1.29 is 9.47 Å². The molecule has 2 aromatic heterocycles. The first-order chi connectivity index (χ1) is 15.8. The lowest BCUT2D eigenvalue weighted by molar-refractivity contribution is 0.122. The predicted octanol–water partition coefficient (Wildman–Crippen LogP) is 2.91. The molecule has 4 heterocycles. The highest BCUT2D eigenvalue weighted by Gasteiger charge is 2.15. The highest BCUT2D eigenvalue weighted by molar-refractivity contribution is 5.86. The lowest BCUT2D eigenvalue weighted by atomic mass is 10.0. The second kappa shape index (κ2) is 8.29. The van der Waals surface area contributed by atoms with Crippen LogP contribution in [0, 0.1) is 0 Å². The highest BCUT2D eigenvalue weighted by Crippen LogP contribution is 2.27. The maximum Gasteiger partial charge on any atom is 0.148 e. The Morgan fingerprint density at radius 3 is 1.44 bits per heavy atom. The molecule has 0 aliphatic carbocycles. The maximum absolute atomic E-state index is 5.46. The summed E-state index contributed by atoms with van der Waals surface area (Å²) in [5.41, 5.74) is 5.74. The Balaban J connectivity index is 1.35. The molecule has 0 bridgehead atoms. The van der Waals surface area contributed by atoms with Crippen molar-refractivity contribution in [3.8, 4) is 11.1 Å². The Morgan fingerprint density at radius 1 is 0.562 bits per heavy atom. The number of benzene rings is 2. The van der Waals surface area contributed by atoms with E-state index in [-0.39, 0.29) is 0 Å². The van der Waals surface area contributed by atoms with E-state index in [1.807, 2.05) is 24.5 Å². The summed E-state index contributed by atoms with van der Waals surface area (Å²) in [4.78, 5) is 23.5. The van der Waals surface area contributed by atoms with Gasteiger partial charge in [-0.3, -0.25) is 9.97 Å². The van der Waals surface area contributed by atoms with Gasteiger partial charge in [0.2, 0.25) is 0 Å². The number of hydrogen-bond donors (Lipinski definition) is 0. The van der Waals surface area contributed by atoms with Gasteiger partial charge in [-0.1, -0.05) is 12.1 Å². The zero-order valence-electron chi connectivity index (χ0n) is 17.8. The fourth-order valence-corrected chi connectivity index (χ4v) is 4.25. The van der Waals surface area contributed by atoms with Crippen LogP contribution in [0.25, 0.3) is 33.2 Å². The van der Waals surface area contributed by atoms with Gasteiger partial charge < -0.3 is 19.3 Å². The van der Waals surface area contributed by atoms with Crippen molar-refractivity contribution in [2.45, 2.75) is 0 Å². The third-order valence-electron chi connectivity index (χ3n) is 6.06. The fourth-order valence-electron chi connectivity index (χ4n) is 4.25. The summed E-state index contributed by atoms with van der Waals surface area (Å²) >= 11 is 0. The molecule has 2 fully saturated rings. The molecule has 2 aromatic carbocycles. The molecule has 0 atom stereocenters. The fraction of sp³-hybridized carbons (Fsp3) is 0.333. The second-order valence-electron chi connectivity index (χ2n) is 8.06. The molecule has 0 radical (unpaired) electrons. The number of fused-ring (bicyclic) bond motifs is 2. The van der Waals surface area contributed by atoms with Gasteiger partial charge in [-0.2, -0.15) is 0 Å². The molecule has 0 spiro atoms. The van der Waals surface area contributed by atoms with Crippen LogP contribution in [0.2, 0.25) is 0 Å². The summed E-state index contributed by atoms with van der Waals surface area (Å²) in [6.07, 6.45) is 3.71. The summed E-state index contributed by atoms with van der Waals surface area (Å²) in [5.74, 6) is 1.80. The van der Waals surface area contributed by atoms with Crippen LogP contribution in [0.15, 0.2) is 48.8 Å². The minimum Gasteiger partial charge on any atom is -0.378 e. The molecule has 2 aliphatic rings. The van der Waals surface area contributed by atoms with Crippen molar-refractivity contribution in [3.05, 3.63) is 48.8 Å². The molecule has 0 N–H and O–H groups in total. The van der Waals surface area contributed by atoms with Gasteiger partial charge in [0.15, 0.2) is 0 Å². The third kappa shape index (κ3) is 3.72. The second-order valence-corrected chi connectivity index (χ2v) is 8.06. The highest BCUT2D eigenvalue weighted by atomic mass is 16.5. The molecule has 2 saturated heterocycles. The third-order valence-corrected chi connectivity index (χ3v) is 6.06. The van der Waals surface area contributed by atoms with Crippen LogP contribution < -0.4 is 9.80 Å². The molecule has 0 amide bonds. The van der Waals surface area contributed by atoms with E-state index in [0.29, 0.717) is 0 Å². The van der Waals surface area contributed by atoms with Crippen LogP contribution in [0.5, 0.6) is 0 Å². The van der Waals surface area contributed by atoms with Crippen molar-refractivity contribution in [1.82, 2.24) is 19.9 Å². The molecule has 8 heteroatoms. The van der Waals surface area contributed by atoms with E-state index in [2.05, 4.69) is 44.0 Å². The Hall–Kier alpha value is -3.36. The minimum absolute atomic E-state index is 0.727. The van der Waals surface area contributed by atoms with Gasteiger partial charge in [0.05, 0.1) is 60.9 Å². The zero-order chi connectivity index (χ0) is 21.3. The molecule has 6 rings (SSSR count). The number of anilines is 2. The number of morpholine rings is 2. The average molecular weight is 428 g/mol. The van der Waals surface area contributed by atoms with Crippen LogP contribution in [0.3, 0.4) is 0 Å². The van der Waals surface area contributed by atoms with Gasteiger partial charge in [0, 0.05) is 26.2 Å². The first-order valence-electron chi connectivity index (χ1n) is 11.0. The summed E-state index contributed by atoms with van der Waals surface area (Å²) in [6, 6.07) is 12.4. The van der Waals surface area contributed by atoms with Crippen LogP contribution >= 0.6 is 0 Å². The van der Waals surface area contributed by atoms with Gasteiger partial charge in [0.1, 0.15) is 11.6 Å². The molecular formula is C24H24N6O2. The van der Waals surface area contributed by atoms with Gasteiger partial charge >= 0.3 is 0 Å². The predicted molar refractivity (Wildman–Crippen MR) is 124 cm³/mol. The van der Waals surface area contributed by atoms with E-state index in [9.17, 15) is 0 Å². The summed E-state index contributed by atoms with van der Waals surface area (Å²) in [5, 5.41) is 0. The van der Waals surface area contributed by atoms with E-state index < -0.39 is 0 Å². The van der Waals surface area contributed by atoms with Crippen LogP contribution in [0.4, 0.5) is 11.6 Å². The Bertz CT molecular complexity index is 1170. The van der Waals surface area contributed by atoms with Crippen molar-refractivity contribution in [2.75, 3.05) is 62.4 Å². The average Bonchev–Trinajstić information content (AvgIpc) is 2.88. The largest absolute Gasteiger partial charge is 0.378 e. The lowest BCUT2D eigenvalue weighted by Gasteiger charge is -2.27. The Labute approximate surface area is 185 Å². The normalized spacial score (nSPS) is 17.2. The number of nitrogens with zero attached hydrogens (tertiary/aromatic N) is 6. The van der Waals surface area contributed by atoms with Gasteiger partial charge in [-0.25, -0.2) is 9.97 Å². The molecule has 162 valence electrons. The molecule has 32 heavy (non-hydrogen) atoms. The number of rotatable bonds is 3. The van der Waals surface area contributed by atoms with Crippen molar-refractivity contribution in [3.63, 3.8) is 0 Å². The molecule has 0 unspecified atom stereocenters. The van der Waals surface area contributed by atoms with E-state index in [1.165, 1.54) is 0 Å². The van der Waals surface area contributed by atoms with Gasteiger partial charge in [-0.05, 0) is 35.4 Å². The van der Waals surface area contributed by atoms with E-state index in [4.69, 9.17) is 19.4 Å². The monoisotopic (exact) mass is 428 g/mol. The summed E-state index contributed by atoms with van der Waals surface area (Å²) < 4.78 is 10.9. The first-order valence-corrected chi connectivity index (χ1v) is 11.0. The van der Waals surface area contributed by atoms with Gasteiger partial charge in [0.25, 0.3) is 0 Å². The molecular weight excluding hydrogens is 404 g/mol. The summed E-state index contributed by atoms with van der Waals surface area (Å²) in [6.45, 7) is 6.27. The SMILES string of the molecule is c1cc2ncc(N3CCOCC3)nc2cc1-c1ccc2ncc(N3CCOCC3)nc2c1. The van der Waals surface area contributed by atoms with E-state index in [0.717, 1.165) is 97.4 Å². The molecule has 8 nitrogen and oxygen atoms in total. The first kappa shape index (κ1) is 19.3. The molecule has 2 aliphatic heterocycles. The maximum atomic E-state index is 5.46. The smallest absolute Gasteiger partial charge is 0.148 e. The van der Waals surface area contributed by atoms with Gasteiger partial charge in [-0.15, -0.1) is 0 Å². The zero-order valence-corrected chi connectivity index (χ0v) is 17.8. The minimum atomic E-state index is 0.727. The van der Waals surface area contributed by atoms with Crippen LogP contribution in [0.1, 0.15) is 0 Å². The lowest BCUT2D eigenvalue weighted by Crippen LogP contribution is -2.36. The van der Waals surface area contributed by atoms with E-state index >= 15 is 0 Å². The molecule has 0 saturated carbocycles. The van der Waals surface area contributed by atoms with Crippen molar-refractivity contribution in [2.24, 2.45) is 0 Å². The standard InChI is InChI=1S/C24H24N6O2/c1-3-19-21(27-23(15-25-19)29-5-9-31-10-6-29)13-17(1)18-2-4-20-22(14-18)28-24(16-26-20)30-7-11-32-12-8-30/h1-4,13-16H,5-12H2. The van der Waals surface area contributed by atoms with Crippen LogP contribution in [-0.2, 0) is 9.47 Å². The Kier molecular flexibility index (Phi) is 5.01. The topological polar surface area (TPSA) is 76.5 Å². The summed E-state index contributed by atoms with van der Waals surface area (Å²) in [7, 11) is 0. The molecule has 4 aromatic rings.